The molecule has 0 bridgehead atoms. The van der Waals surface area contributed by atoms with Crippen molar-refractivity contribution in [1.82, 2.24) is 14.5 Å². The van der Waals surface area contributed by atoms with Gasteiger partial charge in [0.05, 0.1) is 15.5 Å². The van der Waals surface area contributed by atoms with Gasteiger partial charge in [0, 0.05) is 14.1 Å². The number of benzene rings is 1. The van der Waals surface area contributed by atoms with Gasteiger partial charge < -0.3 is 0 Å². The lowest BCUT2D eigenvalue weighted by Gasteiger charge is -2.12. The maximum absolute atomic E-state index is 12.1. The molecule has 0 fully saturated rings. The van der Waals surface area contributed by atoms with Crippen LogP contribution >= 0.6 is 22.9 Å². The van der Waals surface area contributed by atoms with E-state index in [9.17, 15) is 13.2 Å². The Morgan fingerprint density at radius 2 is 2.10 bits per heavy atom. The molecule has 21 heavy (non-hydrogen) atoms. The SMILES string of the molecule is CN(C)S(=O)(=O)c1ccc(Cl)c(C(=O)Nc2nncs2)c1. The second-order valence-corrected chi connectivity index (χ2v) is 7.52. The van der Waals surface area contributed by atoms with Gasteiger partial charge in [-0.05, 0) is 18.2 Å². The van der Waals surface area contributed by atoms with Crippen molar-refractivity contribution in [3.63, 3.8) is 0 Å². The minimum absolute atomic E-state index is 0.0145. The number of hydrogen-bond donors (Lipinski definition) is 1. The third-order valence-electron chi connectivity index (χ3n) is 2.54. The minimum atomic E-state index is -3.64. The number of anilines is 1. The van der Waals surface area contributed by atoms with Gasteiger partial charge in [0.25, 0.3) is 5.91 Å². The van der Waals surface area contributed by atoms with Gasteiger partial charge in [0.2, 0.25) is 15.2 Å². The predicted octanol–water partition coefficient (Wildman–Crippen LogP) is 1.69. The van der Waals surface area contributed by atoms with Gasteiger partial charge >= 0.3 is 0 Å². The molecule has 1 heterocycles. The molecule has 0 saturated heterocycles. The summed E-state index contributed by atoms with van der Waals surface area (Å²) in [5.41, 5.74) is 1.51. The molecular weight excluding hydrogens is 336 g/mol. The number of sulfonamides is 1. The molecular formula is C11H11ClN4O3S2. The molecule has 0 atom stereocenters. The normalized spacial score (nSPS) is 11.6. The van der Waals surface area contributed by atoms with E-state index in [2.05, 4.69) is 15.5 Å². The Labute approximate surface area is 130 Å². The van der Waals surface area contributed by atoms with E-state index in [1.54, 1.807) is 0 Å². The Balaban J connectivity index is 2.38. The lowest BCUT2D eigenvalue weighted by molar-refractivity contribution is 0.102. The molecule has 1 aromatic carbocycles. The molecule has 0 aliphatic carbocycles. The lowest BCUT2D eigenvalue weighted by atomic mass is 10.2. The van der Waals surface area contributed by atoms with Crippen molar-refractivity contribution in [3.05, 3.63) is 34.3 Å². The van der Waals surface area contributed by atoms with Crippen molar-refractivity contribution in [3.8, 4) is 0 Å². The number of nitrogens with one attached hydrogen (secondary N) is 1. The Bertz CT molecular complexity index is 760. The topological polar surface area (TPSA) is 92.3 Å². The van der Waals surface area contributed by atoms with Gasteiger partial charge in [0.1, 0.15) is 5.51 Å². The van der Waals surface area contributed by atoms with Crippen LogP contribution in [0.15, 0.2) is 28.6 Å². The highest BCUT2D eigenvalue weighted by atomic mass is 35.5. The van der Waals surface area contributed by atoms with E-state index in [0.29, 0.717) is 5.13 Å². The van der Waals surface area contributed by atoms with Crippen LogP contribution in [0.5, 0.6) is 0 Å². The fourth-order valence-corrected chi connectivity index (χ4v) is 3.01. The smallest absolute Gasteiger partial charge is 0.259 e. The summed E-state index contributed by atoms with van der Waals surface area (Å²) in [4.78, 5) is 12.1. The summed E-state index contributed by atoms with van der Waals surface area (Å²) in [5, 5.41) is 10.2. The average molecular weight is 347 g/mol. The number of hydrogen-bond acceptors (Lipinski definition) is 6. The zero-order valence-corrected chi connectivity index (χ0v) is 13.5. The number of amides is 1. The predicted molar refractivity (Wildman–Crippen MR) is 80.2 cm³/mol. The Morgan fingerprint density at radius 3 is 2.67 bits per heavy atom. The summed E-state index contributed by atoms with van der Waals surface area (Å²) in [6.45, 7) is 0. The summed E-state index contributed by atoms with van der Waals surface area (Å²) >= 11 is 7.10. The van der Waals surface area contributed by atoms with E-state index in [-0.39, 0.29) is 15.5 Å². The van der Waals surface area contributed by atoms with Gasteiger partial charge in [-0.2, -0.15) is 0 Å². The molecule has 0 aliphatic rings. The first-order chi connectivity index (χ1) is 9.82. The minimum Gasteiger partial charge on any atom is -0.296 e. The molecule has 0 unspecified atom stereocenters. The number of rotatable bonds is 4. The molecule has 10 heteroatoms. The molecule has 0 spiro atoms. The molecule has 2 rings (SSSR count). The van der Waals surface area contributed by atoms with Gasteiger partial charge in [-0.3, -0.25) is 10.1 Å². The summed E-state index contributed by atoms with van der Waals surface area (Å²) < 4.78 is 25.2. The number of carbonyl (C=O) groups is 1. The third kappa shape index (κ3) is 3.38. The van der Waals surface area contributed by atoms with E-state index in [4.69, 9.17) is 11.6 Å². The maximum atomic E-state index is 12.1. The van der Waals surface area contributed by atoms with Crippen LogP contribution in [0, 0.1) is 0 Å². The first-order valence-corrected chi connectivity index (χ1v) is 8.31. The van der Waals surface area contributed by atoms with Gasteiger partial charge in [-0.25, -0.2) is 12.7 Å². The van der Waals surface area contributed by atoms with Crippen molar-refractivity contribution < 1.29 is 13.2 Å². The Hall–Kier alpha value is -1.55. The molecule has 0 radical (unpaired) electrons. The van der Waals surface area contributed by atoms with E-state index in [0.717, 1.165) is 15.6 Å². The van der Waals surface area contributed by atoms with E-state index in [1.807, 2.05) is 0 Å². The van der Waals surface area contributed by atoms with Crippen LogP contribution in [0.4, 0.5) is 5.13 Å². The molecule has 1 N–H and O–H groups in total. The van der Waals surface area contributed by atoms with Gasteiger partial charge in [0.15, 0.2) is 0 Å². The monoisotopic (exact) mass is 346 g/mol. The number of nitrogens with zero attached hydrogens (tertiary/aromatic N) is 3. The van der Waals surface area contributed by atoms with Crippen LogP contribution in [0.2, 0.25) is 5.02 Å². The number of aromatic nitrogens is 2. The van der Waals surface area contributed by atoms with Crippen molar-refractivity contribution in [2.24, 2.45) is 0 Å². The highest BCUT2D eigenvalue weighted by Gasteiger charge is 2.21. The van der Waals surface area contributed by atoms with E-state index in [1.165, 1.54) is 37.8 Å². The highest BCUT2D eigenvalue weighted by Crippen LogP contribution is 2.23. The summed E-state index contributed by atoms with van der Waals surface area (Å²) in [6, 6.07) is 3.94. The van der Waals surface area contributed by atoms with Crippen LogP contribution in [0.3, 0.4) is 0 Å². The second-order valence-electron chi connectivity index (χ2n) is 4.13. The van der Waals surface area contributed by atoms with Crippen LogP contribution < -0.4 is 5.32 Å². The summed E-state index contributed by atoms with van der Waals surface area (Å²) in [7, 11) is -0.827. The lowest BCUT2D eigenvalue weighted by Crippen LogP contribution is -2.23. The zero-order chi connectivity index (χ0) is 15.6. The quantitative estimate of drug-likeness (QED) is 0.909. The van der Waals surface area contributed by atoms with Crippen LogP contribution in [0.25, 0.3) is 0 Å². The molecule has 1 amide bonds. The number of halogens is 1. The van der Waals surface area contributed by atoms with Gasteiger partial charge in [-0.1, -0.05) is 22.9 Å². The number of carbonyl (C=O) groups excluding carboxylic acids is 1. The fraction of sp³-hybridized carbons (Fsp3) is 0.182. The Kier molecular flexibility index (Phi) is 4.57. The van der Waals surface area contributed by atoms with Crippen LogP contribution in [-0.4, -0.2) is 42.9 Å². The van der Waals surface area contributed by atoms with E-state index >= 15 is 0 Å². The van der Waals surface area contributed by atoms with Crippen molar-refractivity contribution in [1.29, 1.82) is 0 Å². The highest BCUT2D eigenvalue weighted by molar-refractivity contribution is 7.89. The summed E-state index contributed by atoms with van der Waals surface area (Å²) in [6.07, 6.45) is 0. The van der Waals surface area contributed by atoms with E-state index < -0.39 is 15.9 Å². The van der Waals surface area contributed by atoms with Crippen LogP contribution in [0.1, 0.15) is 10.4 Å². The molecule has 0 saturated carbocycles. The summed E-state index contributed by atoms with van der Waals surface area (Å²) in [5.74, 6) is -0.549. The standard InChI is InChI=1S/C11H11ClN4O3S2/c1-16(2)21(18,19)7-3-4-9(12)8(5-7)10(17)14-11-15-13-6-20-11/h3-6H,1-2H3,(H,14,15,17). The molecule has 2 aromatic rings. The molecule has 7 nitrogen and oxygen atoms in total. The average Bonchev–Trinajstić information content (AvgIpc) is 2.91. The molecule has 112 valence electrons. The maximum Gasteiger partial charge on any atom is 0.259 e. The largest absolute Gasteiger partial charge is 0.296 e. The fourth-order valence-electron chi connectivity index (χ4n) is 1.44. The first kappa shape index (κ1) is 15.8. The second kappa shape index (κ2) is 6.06. The van der Waals surface area contributed by atoms with Crippen LogP contribution in [-0.2, 0) is 10.0 Å². The zero-order valence-electron chi connectivity index (χ0n) is 11.1. The van der Waals surface area contributed by atoms with Crippen molar-refractivity contribution in [2.75, 3.05) is 19.4 Å². The molecule has 1 aromatic heterocycles. The first-order valence-electron chi connectivity index (χ1n) is 5.62. The third-order valence-corrected chi connectivity index (χ3v) is 5.29. The van der Waals surface area contributed by atoms with Crippen molar-refractivity contribution in [2.45, 2.75) is 4.90 Å². The van der Waals surface area contributed by atoms with Crippen molar-refractivity contribution >= 4 is 44.0 Å². The molecule has 0 aliphatic heterocycles. The Morgan fingerprint density at radius 1 is 1.38 bits per heavy atom. The van der Waals surface area contributed by atoms with Gasteiger partial charge in [-0.15, -0.1) is 10.2 Å².